The normalized spacial score (nSPS) is 34.8. The van der Waals surface area contributed by atoms with Crippen LogP contribution in [-0.4, -0.2) is 73.7 Å². The summed E-state index contributed by atoms with van der Waals surface area (Å²) in [6.07, 6.45) is -7.37. The molecule has 1 saturated carbocycles. The van der Waals surface area contributed by atoms with E-state index in [2.05, 4.69) is 41.5 Å². The molecule has 0 saturated heterocycles. The fourth-order valence-corrected chi connectivity index (χ4v) is 5.10. The van der Waals surface area contributed by atoms with Gasteiger partial charge in [-0.15, -0.1) is 0 Å². The maximum atomic E-state index is 10.6. The summed E-state index contributed by atoms with van der Waals surface area (Å²) >= 11 is 0. The van der Waals surface area contributed by atoms with Crippen molar-refractivity contribution in [1.29, 1.82) is 0 Å². The molecule has 8 heteroatoms. The van der Waals surface area contributed by atoms with Gasteiger partial charge in [-0.25, -0.2) is 0 Å². The van der Waals surface area contributed by atoms with Crippen LogP contribution >= 0.6 is 0 Å². The van der Waals surface area contributed by atoms with Crippen LogP contribution in [0.25, 0.3) is 0 Å². The molecule has 1 fully saturated rings. The molecule has 0 aromatic heterocycles. The minimum Gasteiger partial charge on any atom is -0.408 e. The van der Waals surface area contributed by atoms with Crippen molar-refractivity contribution >= 4 is 16.6 Å². The summed E-state index contributed by atoms with van der Waals surface area (Å²) in [6, 6.07) is 0. The molecule has 4 N–H and O–H groups in total. The molecule has 0 bridgehead atoms. The maximum absolute atomic E-state index is 10.6. The summed E-state index contributed by atoms with van der Waals surface area (Å²) in [4.78, 5) is 0. The van der Waals surface area contributed by atoms with Gasteiger partial charge in [0.25, 0.3) is 0 Å². The average Bonchev–Trinajstić information content (AvgIpc) is 2.44. The lowest BCUT2D eigenvalue weighted by Crippen LogP contribution is -2.69. The largest absolute Gasteiger partial charge is 0.408 e. The van der Waals surface area contributed by atoms with Crippen LogP contribution in [0.2, 0.25) is 36.3 Å². The molecular formula is C18H40O6Si2. The van der Waals surface area contributed by atoms with E-state index in [9.17, 15) is 20.4 Å². The van der Waals surface area contributed by atoms with E-state index < -0.39 is 53.3 Å². The third kappa shape index (κ3) is 4.78. The van der Waals surface area contributed by atoms with E-state index >= 15 is 0 Å². The summed E-state index contributed by atoms with van der Waals surface area (Å²) < 4.78 is 12.7. The van der Waals surface area contributed by atoms with Gasteiger partial charge in [-0.05, 0) is 36.3 Å². The Bertz CT molecular complexity index is 439. The molecule has 6 atom stereocenters. The van der Waals surface area contributed by atoms with E-state index in [-0.39, 0.29) is 10.1 Å². The highest BCUT2D eigenvalue weighted by Gasteiger charge is 2.55. The number of aliphatic hydroxyl groups is 4. The topological polar surface area (TPSA) is 99.4 Å². The highest BCUT2D eigenvalue weighted by Crippen LogP contribution is 2.43. The Kier molecular flexibility index (Phi) is 7.04. The first-order valence-electron chi connectivity index (χ1n) is 9.41. The fourth-order valence-electron chi connectivity index (χ4n) is 2.49. The first kappa shape index (κ1) is 24.2. The Morgan fingerprint density at radius 2 is 0.769 bits per heavy atom. The van der Waals surface area contributed by atoms with Gasteiger partial charge in [-0.1, -0.05) is 41.5 Å². The third-order valence-corrected chi connectivity index (χ3v) is 15.5. The monoisotopic (exact) mass is 408 g/mol. The van der Waals surface area contributed by atoms with E-state index in [1.54, 1.807) is 0 Å². The summed E-state index contributed by atoms with van der Waals surface area (Å²) in [5.41, 5.74) is 0. The molecule has 0 aromatic rings. The van der Waals surface area contributed by atoms with Crippen molar-refractivity contribution in [2.24, 2.45) is 0 Å². The predicted molar refractivity (Wildman–Crippen MR) is 108 cm³/mol. The molecule has 0 spiro atoms. The zero-order chi connectivity index (χ0) is 20.9. The Labute approximate surface area is 160 Å². The second-order valence-electron chi connectivity index (χ2n) is 10.6. The molecule has 0 unspecified atom stereocenters. The molecule has 0 heterocycles. The van der Waals surface area contributed by atoms with Crippen molar-refractivity contribution in [2.75, 3.05) is 0 Å². The number of hydrogen-bond donors (Lipinski definition) is 4. The van der Waals surface area contributed by atoms with E-state index in [0.717, 1.165) is 0 Å². The van der Waals surface area contributed by atoms with Gasteiger partial charge in [0.05, 0.1) is 0 Å². The molecule has 1 rings (SSSR count). The lowest BCUT2D eigenvalue weighted by Gasteiger charge is -2.51. The second-order valence-corrected chi connectivity index (χ2v) is 20.2. The van der Waals surface area contributed by atoms with Crippen molar-refractivity contribution in [3.63, 3.8) is 0 Å². The van der Waals surface area contributed by atoms with Gasteiger partial charge >= 0.3 is 0 Å². The molecule has 6 nitrogen and oxygen atoms in total. The molecule has 1 aliphatic rings. The number of hydrogen-bond acceptors (Lipinski definition) is 6. The lowest BCUT2D eigenvalue weighted by molar-refractivity contribution is -0.215. The van der Waals surface area contributed by atoms with E-state index in [1.165, 1.54) is 0 Å². The van der Waals surface area contributed by atoms with Crippen LogP contribution < -0.4 is 0 Å². The number of aliphatic hydroxyl groups excluding tert-OH is 4. The zero-order valence-electron chi connectivity index (χ0n) is 18.1. The molecule has 156 valence electrons. The first-order chi connectivity index (χ1) is 11.3. The highest BCUT2D eigenvalue weighted by molar-refractivity contribution is 6.74. The van der Waals surface area contributed by atoms with Crippen LogP contribution in [0.4, 0.5) is 0 Å². The summed E-state index contributed by atoms with van der Waals surface area (Å²) in [6.45, 7) is 20.7. The Morgan fingerprint density at radius 3 is 0.962 bits per heavy atom. The smallest absolute Gasteiger partial charge is 0.192 e. The van der Waals surface area contributed by atoms with Gasteiger partial charge in [0.2, 0.25) is 0 Å². The molecule has 0 aliphatic heterocycles. The van der Waals surface area contributed by atoms with Gasteiger partial charge < -0.3 is 29.3 Å². The maximum Gasteiger partial charge on any atom is 0.192 e. The Morgan fingerprint density at radius 1 is 0.538 bits per heavy atom. The predicted octanol–water partition coefficient (Wildman–Crippen LogP) is 2.22. The van der Waals surface area contributed by atoms with Crippen LogP contribution in [0.1, 0.15) is 41.5 Å². The van der Waals surface area contributed by atoms with E-state index in [1.807, 2.05) is 26.2 Å². The Balaban J connectivity index is 3.26. The van der Waals surface area contributed by atoms with Gasteiger partial charge in [-0.2, -0.15) is 0 Å². The summed E-state index contributed by atoms with van der Waals surface area (Å²) in [5.74, 6) is 0. The zero-order valence-corrected chi connectivity index (χ0v) is 20.1. The molecule has 26 heavy (non-hydrogen) atoms. The first-order valence-corrected chi connectivity index (χ1v) is 15.2. The Hall–Kier alpha value is 0.194. The van der Waals surface area contributed by atoms with Gasteiger partial charge in [0.1, 0.15) is 36.6 Å². The molecule has 0 aromatic carbocycles. The summed E-state index contributed by atoms with van der Waals surface area (Å²) in [7, 11) is -4.61. The third-order valence-electron chi connectivity index (χ3n) is 6.52. The fraction of sp³-hybridized carbons (Fsp3) is 1.00. The standard InChI is InChI=1S/C18H40O6Si2/c1-17(2,3)25(7,8)23-15-13(21)11(19)12(20)14(22)16(15)24-26(9,10)18(4,5)6/h11-16,19-22H,1-10H3/t11-,12+,13-,14-,15+,16+/m0/s1. The van der Waals surface area contributed by atoms with Crippen molar-refractivity contribution in [3.05, 3.63) is 0 Å². The average molecular weight is 409 g/mol. The van der Waals surface area contributed by atoms with Gasteiger partial charge in [0, 0.05) is 0 Å². The van der Waals surface area contributed by atoms with E-state index in [4.69, 9.17) is 8.85 Å². The van der Waals surface area contributed by atoms with Crippen molar-refractivity contribution in [1.82, 2.24) is 0 Å². The van der Waals surface area contributed by atoms with Crippen LogP contribution in [0.15, 0.2) is 0 Å². The van der Waals surface area contributed by atoms with Crippen LogP contribution in [0.5, 0.6) is 0 Å². The molecule has 0 radical (unpaired) electrons. The quantitative estimate of drug-likeness (QED) is 0.532. The van der Waals surface area contributed by atoms with Crippen LogP contribution in [0, 0.1) is 0 Å². The SMILES string of the molecule is CC(C)(C)[Si](C)(C)O[C@@H]1[C@@H](O)[C@H](O)[C@H](O)[C@H](O)[C@H]1O[Si](C)(C)C(C)(C)C. The molecule has 1 aliphatic carbocycles. The molecule has 0 amide bonds. The van der Waals surface area contributed by atoms with Crippen LogP contribution in [-0.2, 0) is 8.85 Å². The van der Waals surface area contributed by atoms with E-state index in [0.29, 0.717) is 0 Å². The minimum absolute atomic E-state index is 0.111. The molecular weight excluding hydrogens is 368 g/mol. The minimum atomic E-state index is -2.31. The van der Waals surface area contributed by atoms with Crippen molar-refractivity contribution in [2.45, 2.75) is 114 Å². The van der Waals surface area contributed by atoms with Crippen molar-refractivity contribution < 1.29 is 29.3 Å². The van der Waals surface area contributed by atoms with Gasteiger partial charge in [0.15, 0.2) is 16.6 Å². The highest BCUT2D eigenvalue weighted by atomic mass is 28.4. The van der Waals surface area contributed by atoms with Gasteiger partial charge in [-0.3, -0.25) is 0 Å². The second kappa shape index (κ2) is 7.55. The number of rotatable bonds is 4. The van der Waals surface area contributed by atoms with Crippen molar-refractivity contribution in [3.8, 4) is 0 Å². The summed E-state index contributed by atoms with van der Waals surface area (Å²) in [5, 5.41) is 41.4. The van der Waals surface area contributed by atoms with Crippen LogP contribution in [0.3, 0.4) is 0 Å². The lowest BCUT2D eigenvalue weighted by atomic mass is 9.85.